The first kappa shape index (κ1) is 9.95. The summed E-state index contributed by atoms with van der Waals surface area (Å²) in [7, 11) is 1.73. The van der Waals surface area contributed by atoms with Crippen LogP contribution in [0.3, 0.4) is 0 Å². The number of aromatic nitrogens is 1. The SMILES string of the molecule is Cc1c([O-])c(CO)c(CO)c[n+]1C. The largest absolute Gasteiger partial charge is 0.868 e. The van der Waals surface area contributed by atoms with Crippen LogP contribution in [0.4, 0.5) is 0 Å². The van der Waals surface area contributed by atoms with Crippen LogP contribution in [0.2, 0.25) is 0 Å². The van der Waals surface area contributed by atoms with Gasteiger partial charge in [-0.15, -0.1) is 0 Å². The Morgan fingerprint density at radius 1 is 1.38 bits per heavy atom. The van der Waals surface area contributed by atoms with Crippen LogP contribution in [0.1, 0.15) is 16.8 Å². The van der Waals surface area contributed by atoms with Crippen molar-refractivity contribution in [1.29, 1.82) is 0 Å². The van der Waals surface area contributed by atoms with E-state index < -0.39 is 0 Å². The van der Waals surface area contributed by atoms with Gasteiger partial charge in [0.05, 0.1) is 13.2 Å². The monoisotopic (exact) mass is 183 g/mol. The van der Waals surface area contributed by atoms with Crippen molar-refractivity contribution in [3.63, 3.8) is 0 Å². The minimum absolute atomic E-state index is 0.198. The molecule has 2 N–H and O–H groups in total. The lowest BCUT2D eigenvalue weighted by molar-refractivity contribution is -0.680. The topological polar surface area (TPSA) is 67.4 Å². The molecule has 0 saturated carbocycles. The first-order valence-electron chi connectivity index (χ1n) is 4.01. The van der Waals surface area contributed by atoms with Gasteiger partial charge in [0, 0.05) is 12.5 Å². The van der Waals surface area contributed by atoms with Crippen LogP contribution in [0.15, 0.2) is 6.20 Å². The van der Waals surface area contributed by atoms with E-state index in [4.69, 9.17) is 10.2 Å². The molecule has 1 aromatic heterocycles. The molecule has 0 saturated heterocycles. The second kappa shape index (κ2) is 3.72. The van der Waals surface area contributed by atoms with Crippen LogP contribution in [-0.2, 0) is 20.3 Å². The third-order valence-corrected chi connectivity index (χ3v) is 2.20. The molecule has 1 aromatic rings. The molecule has 13 heavy (non-hydrogen) atoms. The molecule has 1 heterocycles. The maximum absolute atomic E-state index is 11.5. The molecule has 0 aliphatic rings. The molecule has 0 spiro atoms. The molecule has 0 atom stereocenters. The predicted octanol–water partition coefficient (Wildman–Crippen LogP) is -1.12. The van der Waals surface area contributed by atoms with Gasteiger partial charge < -0.3 is 15.3 Å². The zero-order valence-corrected chi connectivity index (χ0v) is 7.74. The minimum atomic E-state index is -0.323. The second-order valence-electron chi connectivity index (χ2n) is 2.97. The number of pyridine rings is 1. The number of aryl methyl sites for hydroxylation is 1. The fourth-order valence-corrected chi connectivity index (χ4v) is 1.24. The van der Waals surface area contributed by atoms with E-state index in [2.05, 4.69) is 0 Å². The number of hydrogen-bond donors (Lipinski definition) is 2. The fraction of sp³-hybridized carbons (Fsp3) is 0.444. The molecule has 4 heteroatoms. The summed E-state index contributed by atoms with van der Waals surface area (Å²) in [5.74, 6) is -0.198. The van der Waals surface area contributed by atoms with E-state index in [1.807, 2.05) is 0 Å². The van der Waals surface area contributed by atoms with Gasteiger partial charge in [-0.1, -0.05) is 0 Å². The van der Waals surface area contributed by atoms with Crippen molar-refractivity contribution >= 4 is 0 Å². The van der Waals surface area contributed by atoms with Crippen LogP contribution in [0.5, 0.6) is 5.75 Å². The Hall–Kier alpha value is -1.13. The van der Waals surface area contributed by atoms with Crippen LogP contribution in [0, 0.1) is 6.92 Å². The number of hydrogen-bond acceptors (Lipinski definition) is 3. The quantitative estimate of drug-likeness (QED) is 0.570. The summed E-state index contributed by atoms with van der Waals surface area (Å²) in [4.78, 5) is 0. The van der Waals surface area contributed by atoms with E-state index in [-0.39, 0.29) is 24.5 Å². The minimum Gasteiger partial charge on any atom is -0.868 e. The molecule has 72 valence electrons. The zero-order valence-electron chi connectivity index (χ0n) is 7.74. The highest BCUT2D eigenvalue weighted by atomic mass is 16.3. The molecule has 0 aliphatic carbocycles. The van der Waals surface area contributed by atoms with Gasteiger partial charge in [-0.3, -0.25) is 0 Å². The third kappa shape index (κ3) is 1.64. The second-order valence-corrected chi connectivity index (χ2v) is 2.97. The first-order chi connectivity index (χ1) is 6.11. The molecule has 0 amide bonds. The molecular weight excluding hydrogens is 170 g/mol. The Kier molecular flexibility index (Phi) is 2.85. The average molecular weight is 183 g/mol. The van der Waals surface area contributed by atoms with Gasteiger partial charge in [-0.25, -0.2) is 4.57 Å². The highest BCUT2D eigenvalue weighted by molar-refractivity contribution is 5.36. The Labute approximate surface area is 76.7 Å². The van der Waals surface area contributed by atoms with Gasteiger partial charge in [0.1, 0.15) is 7.05 Å². The number of rotatable bonds is 2. The molecule has 0 unspecified atom stereocenters. The van der Waals surface area contributed by atoms with Gasteiger partial charge in [-0.2, -0.15) is 0 Å². The lowest BCUT2D eigenvalue weighted by atomic mass is 10.1. The maximum atomic E-state index is 11.5. The number of aliphatic hydroxyl groups excluding tert-OH is 2. The summed E-state index contributed by atoms with van der Waals surface area (Å²) in [6.07, 6.45) is 1.66. The Morgan fingerprint density at radius 3 is 2.46 bits per heavy atom. The Bertz CT molecular complexity index is 323. The Morgan fingerprint density at radius 2 is 2.00 bits per heavy atom. The molecule has 0 radical (unpaired) electrons. The van der Waals surface area contributed by atoms with Crippen LogP contribution in [-0.4, -0.2) is 10.2 Å². The normalized spacial score (nSPS) is 10.5. The van der Waals surface area contributed by atoms with Gasteiger partial charge >= 0.3 is 0 Å². The van der Waals surface area contributed by atoms with Crippen molar-refractivity contribution in [3.8, 4) is 5.75 Å². The van der Waals surface area contributed by atoms with Crippen molar-refractivity contribution in [2.75, 3.05) is 0 Å². The number of nitrogens with zero attached hydrogens (tertiary/aromatic N) is 1. The van der Waals surface area contributed by atoms with E-state index in [9.17, 15) is 5.11 Å². The molecule has 0 aliphatic heterocycles. The van der Waals surface area contributed by atoms with E-state index in [1.54, 1.807) is 24.7 Å². The van der Waals surface area contributed by atoms with Gasteiger partial charge in [0.2, 0.25) is 0 Å². The molecule has 0 aromatic carbocycles. The van der Waals surface area contributed by atoms with Crippen LogP contribution in [0.25, 0.3) is 0 Å². The van der Waals surface area contributed by atoms with E-state index >= 15 is 0 Å². The summed E-state index contributed by atoms with van der Waals surface area (Å²) < 4.78 is 1.65. The molecule has 0 fully saturated rings. The summed E-state index contributed by atoms with van der Waals surface area (Å²) >= 11 is 0. The fourth-order valence-electron chi connectivity index (χ4n) is 1.24. The highest BCUT2D eigenvalue weighted by Crippen LogP contribution is 2.19. The van der Waals surface area contributed by atoms with Crippen molar-refractivity contribution in [2.24, 2.45) is 7.05 Å². The van der Waals surface area contributed by atoms with E-state index in [1.165, 1.54) is 0 Å². The lowest BCUT2D eigenvalue weighted by Gasteiger charge is -2.15. The average Bonchev–Trinajstić information content (AvgIpc) is 2.13. The van der Waals surface area contributed by atoms with Crippen LogP contribution < -0.4 is 9.67 Å². The molecular formula is C9H13NO3. The van der Waals surface area contributed by atoms with E-state index in [0.717, 1.165) is 0 Å². The van der Waals surface area contributed by atoms with Gasteiger partial charge in [0.15, 0.2) is 11.9 Å². The van der Waals surface area contributed by atoms with Gasteiger partial charge in [-0.05, 0) is 11.3 Å². The third-order valence-electron chi connectivity index (χ3n) is 2.20. The molecule has 1 rings (SSSR count). The summed E-state index contributed by atoms with van der Waals surface area (Å²) in [6.45, 7) is 1.14. The van der Waals surface area contributed by atoms with Crippen molar-refractivity contribution in [1.82, 2.24) is 0 Å². The molecule has 4 nitrogen and oxygen atoms in total. The lowest BCUT2D eigenvalue weighted by Crippen LogP contribution is -2.34. The van der Waals surface area contributed by atoms with E-state index in [0.29, 0.717) is 11.3 Å². The number of aliphatic hydroxyl groups is 2. The zero-order chi connectivity index (χ0) is 10.0. The maximum Gasteiger partial charge on any atom is 0.174 e. The first-order valence-corrected chi connectivity index (χ1v) is 4.01. The summed E-state index contributed by atoms with van der Waals surface area (Å²) in [6, 6.07) is 0. The van der Waals surface area contributed by atoms with Crippen LogP contribution >= 0.6 is 0 Å². The summed E-state index contributed by atoms with van der Waals surface area (Å²) in [5.41, 5.74) is 1.33. The smallest absolute Gasteiger partial charge is 0.174 e. The van der Waals surface area contributed by atoms with Crippen molar-refractivity contribution < 1.29 is 19.9 Å². The van der Waals surface area contributed by atoms with Crippen molar-refractivity contribution in [2.45, 2.75) is 20.1 Å². The van der Waals surface area contributed by atoms with Gasteiger partial charge in [0.25, 0.3) is 0 Å². The summed E-state index contributed by atoms with van der Waals surface area (Å²) in [5, 5.41) is 29.4. The standard InChI is InChI=1S/C9H13NO3/c1-6-9(13)8(5-12)7(4-11)3-10(6)2/h3,11-12H,4-5H2,1-2H3. The highest BCUT2D eigenvalue weighted by Gasteiger charge is 2.11. The predicted molar refractivity (Wildman–Crippen MR) is 43.6 cm³/mol. The molecule has 0 bridgehead atoms. The Balaban J connectivity index is 3.39. The van der Waals surface area contributed by atoms with Crippen molar-refractivity contribution in [3.05, 3.63) is 23.0 Å².